The Hall–Kier alpha value is -1.73. The summed E-state index contributed by atoms with van der Waals surface area (Å²) in [5, 5.41) is 4.14. The van der Waals surface area contributed by atoms with Crippen LogP contribution in [0.4, 0.5) is 4.39 Å². The maximum atomic E-state index is 13.2. The molecule has 22 heavy (non-hydrogen) atoms. The van der Waals surface area contributed by atoms with Crippen LogP contribution in [0, 0.1) is 19.7 Å². The predicted molar refractivity (Wildman–Crippen MR) is 80.5 cm³/mol. The van der Waals surface area contributed by atoms with Gasteiger partial charge in [-0.25, -0.2) is 17.5 Å². The molecule has 3 rings (SSSR count). The van der Waals surface area contributed by atoms with Gasteiger partial charge in [0.2, 0.25) is 10.0 Å². The number of aryl methyl sites for hydroxylation is 2. The summed E-state index contributed by atoms with van der Waals surface area (Å²) in [6.07, 6.45) is 0.682. The topological polar surface area (TPSA) is 64.0 Å². The van der Waals surface area contributed by atoms with Crippen molar-refractivity contribution in [1.82, 2.24) is 14.5 Å². The molecule has 2 aromatic rings. The molecule has 0 saturated heterocycles. The molecule has 0 radical (unpaired) electrons. The second-order valence-electron chi connectivity index (χ2n) is 5.75. The van der Waals surface area contributed by atoms with Gasteiger partial charge in [-0.3, -0.25) is 4.68 Å². The van der Waals surface area contributed by atoms with Crippen molar-refractivity contribution in [3.8, 4) is 0 Å². The normalized spacial score (nSPS) is 21.1. The lowest BCUT2D eigenvalue weighted by Crippen LogP contribution is -2.27. The number of nitrogens with zero attached hydrogens (tertiary/aromatic N) is 2. The summed E-state index contributed by atoms with van der Waals surface area (Å²) >= 11 is 0. The molecule has 2 atom stereocenters. The Balaban J connectivity index is 1.80. The van der Waals surface area contributed by atoms with Crippen LogP contribution in [-0.2, 0) is 17.1 Å². The van der Waals surface area contributed by atoms with Crippen LogP contribution in [-0.4, -0.2) is 24.2 Å². The number of aromatic nitrogens is 2. The average Bonchev–Trinajstić information content (AvgIpc) is 3.10. The van der Waals surface area contributed by atoms with Crippen LogP contribution in [0.5, 0.6) is 0 Å². The van der Waals surface area contributed by atoms with Gasteiger partial charge >= 0.3 is 0 Å². The summed E-state index contributed by atoms with van der Waals surface area (Å²) in [6.45, 7) is 3.41. The largest absolute Gasteiger partial charge is 0.271 e. The fourth-order valence-electron chi connectivity index (χ4n) is 2.83. The standard InChI is InChI=1S/C15H18FN3O2S/c1-9-15(10(2)19(3)17-9)22(20,21)18-14-8-13(14)11-5-4-6-12(16)7-11/h4-7,13-14,18H,8H2,1-3H3/t13-,14-/m1/s1. The van der Waals surface area contributed by atoms with Gasteiger partial charge in [0.1, 0.15) is 10.7 Å². The lowest BCUT2D eigenvalue weighted by molar-refractivity contribution is 0.578. The van der Waals surface area contributed by atoms with E-state index in [-0.39, 0.29) is 22.7 Å². The van der Waals surface area contributed by atoms with Gasteiger partial charge < -0.3 is 0 Å². The first-order chi connectivity index (χ1) is 10.3. The molecule has 0 aliphatic heterocycles. The molecule has 0 bridgehead atoms. The second kappa shape index (κ2) is 5.17. The highest BCUT2D eigenvalue weighted by Crippen LogP contribution is 2.42. The average molecular weight is 323 g/mol. The van der Waals surface area contributed by atoms with E-state index in [1.165, 1.54) is 12.1 Å². The minimum absolute atomic E-state index is 0.0303. The third-order valence-electron chi connectivity index (χ3n) is 4.09. The van der Waals surface area contributed by atoms with Gasteiger partial charge in [0, 0.05) is 19.0 Å². The Kier molecular flexibility index (Phi) is 3.57. The Morgan fingerprint density at radius 2 is 2.09 bits per heavy atom. The maximum Gasteiger partial charge on any atom is 0.244 e. The molecule has 1 saturated carbocycles. The van der Waals surface area contributed by atoms with E-state index in [0.29, 0.717) is 17.8 Å². The van der Waals surface area contributed by atoms with E-state index in [4.69, 9.17) is 0 Å². The van der Waals surface area contributed by atoms with Crippen LogP contribution in [0.25, 0.3) is 0 Å². The number of halogens is 1. The molecule has 1 aromatic heterocycles. The van der Waals surface area contributed by atoms with Gasteiger partial charge in [-0.15, -0.1) is 0 Å². The highest BCUT2D eigenvalue weighted by molar-refractivity contribution is 7.89. The fraction of sp³-hybridized carbons (Fsp3) is 0.400. The van der Waals surface area contributed by atoms with Gasteiger partial charge in [-0.2, -0.15) is 5.10 Å². The fourth-order valence-corrected chi connectivity index (χ4v) is 4.56. The minimum atomic E-state index is -3.62. The molecule has 1 N–H and O–H groups in total. The molecule has 5 nitrogen and oxygen atoms in total. The summed E-state index contributed by atoms with van der Waals surface area (Å²) in [5.74, 6) is -0.271. The van der Waals surface area contributed by atoms with Crippen molar-refractivity contribution in [2.75, 3.05) is 0 Å². The minimum Gasteiger partial charge on any atom is -0.271 e. The van der Waals surface area contributed by atoms with E-state index in [0.717, 1.165) is 5.56 Å². The highest BCUT2D eigenvalue weighted by atomic mass is 32.2. The van der Waals surface area contributed by atoms with Gasteiger partial charge in [0.25, 0.3) is 0 Å². The zero-order valence-corrected chi connectivity index (χ0v) is 13.5. The van der Waals surface area contributed by atoms with Crippen molar-refractivity contribution in [2.45, 2.75) is 37.1 Å². The highest BCUT2D eigenvalue weighted by Gasteiger charge is 2.42. The van der Waals surface area contributed by atoms with Crippen molar-refractivity contribution in [3.05, 3.63) is 47.0 Å². The van der Waals surface area contributed by atoms with E-state index in [9.17, 15) is 12.8 Å². The first-order valence-corrected chi connectivity index (χ1v) is 8.56. The number of sulfonamides is 1. The van der Waals surface area contributed by atoms with E-state index >= 15 is 0 Å². The molecular weight excluding hydrogens is 305 g/mol. The van der Waals surface area contributed by atoms with E-state index in [1.807, 2.05) is 6.07 Å². The molecule has 118 valence electrons. The van der Waals surface area contributed by atoms with Gasteiger partial charge in [-0.1, -0.05) is 12.1 Å². The van der Waals surface area contributed by atoms with Gasteiger partial charge in [0.05, 0.1) is 11.4 Å². The molecule has 0 unspecified atom stereocenters. The molecule has 0 amide bonds. The van der Waals surface area contributed by atoms with Crippen LogP contribution < -0.4 is 4.72 Å². The van der Waals surface area contributed by atoms with Crippen molar-refractivity contribution < 1.29 is 12.8 Å². The maximum absolute atomic E-state index is 13.2. The number of hydrogen-bond donors (Lipinski definition) is 1. The lowest BCUT2D eigenvalue weighted by Gasteiger charge is -2.07. The predicted octanol–water partition coefficient (Wildman–Crippen LogP) is 2.01. The second-order valence-corrected chi connectivity index (χ2v) is 7.40. The third kappa shape index (κ3) is 2.66. The molecule has 1 heterocycles. The Morgan fingerprint density at radius 3 is 2.68 bits per heavy atom. The summed E-state index contributed by atoms with van der Waals surface area (Å²) in [7, 11) is -1.90. The smallest absolute Gasteiger partial charge is 0.244 e. The zero-order chi connectivity index (χ0) is 16.1. The molecular formula is C15H18FN3O2S. The number of rotatable bonds is 4. The van der Waals surface area contributed by atoms with Gasteiger partial charge in [0.15, 0.2) is 0 Å². The summed E-state index contributed by atoms with van der Waals surface area (Å²) in [5.41, 5.74) is 1.91. The van der Waals surface area contributed by atoms with Gasteiger partial charge in [-0.05, 0) is 38.0 Å². The Labute approximate surface area is 129 Å². The van der Waals surface area contributed by atoms with E-state index in [2.05, 4.69) is 9.82 Å². The first-order valence-electron chi connectivity index (χ1n) is 7.07. The molecule has 1 aromatic carbocycles. The monoisotopic (exact) mass is 323 g/mol. The van der Waals surface area contributed by atoms with Crippen LogP contribution in [0.15, 0.2) is 29.2 Å². The summed E-state index contributed by atoms with van der Waals surface area (Å²) in [6, 6.07) is 6.12. The lowest BCUT2D eigenvalue weighted by atomic mass is 10.1. The molecule has 1 aliphatic carbocycles. The van der Waals surface area contributed by atoms with Crippen molar-refractivity contribution in [2.24, 2.45) is 7.05 Å². The first kappa shape index (κ1) is 15.2. The number of hydrogen-bond acceptors (Lipinski definition) is 3. The number of nitrogens with one attached hydrogen (secondary N) is 1. The SMILES string of the molecule is Cc1nn(C)c(C)c1S(=O)(=O)N[C@@H]1C[C@@H]1c1cccc(F)c1. The Morgan fingerprint density at radius 1 is 1.36 bits per heavy atom. The Bertz CT molecular complexity index is 829. The van der Waals surface area contributed by atoms with E-state index < -0.39 is 10.0 Å². The zero-order valence-electron chi connectivity index (χ0n) is 12.7. The third-order valence-corrected chi connectivity index (χ3v) is 5.83. The summed E-state index contributed by atoms with van der Waals surface area (Å²) in [4.78, 5) is 0.236. The van der Waals surface area contributed by atoms with Crippen molar-refractivity contribution in [3.63, 3.8) is 0 Å². The van der Waals surface area contributed by atoms with Crippen LogP contribution in [0.1, 0.15) is 29.3 Å². The van der Waals surface area contributed by atoms with Crippen LogP contribution in [0.3, 0.4) is 0 Å². The molecule has 1 fully saturated rings. The van der Waals surface area contributed by atoms with Crippen molar-refractivity contribution >= 4 is 10.0 Å². The van der Waals surface area contributed by atoms with Crippen LogP contribution >= 0.6 is 0 Å². The number of benzene rings is 1. The molecule has 7 heteroatoms. The molecule has 1 aliphatic rings. The summed E-state index contributed by atoms with van der Waals surface area (Å²) < 4.78 is 42.6. The quantitative estimate of drug-likeness (QED) is 0.936. The van der Waals surface area contributed by atoms with Crippen LogP contribution in [0.2, 0.25) is 0 Å². The molecule has 0 spiro atoms. The van der Waals surface area contributed by atoms with E-state index in [1.54, 1.807) is 31.6 Å². The van der Waals surface area contributed by atoms with Crippen molar-refractivity contribution in [1.29, 1.82) is 0 Å².